The van der Waals surface area contributed by atoms with Gasteiger partial charge in [-0.25, -0.2) is 0 Å². The Kier molecular flexibility index (Phi) is 4.14. The van der Waals surface area contributed by atoms with Crippen LogP contribution in [0.25, 0.3) is 43.5 Å². The van der Waals surface area contributed by atoms with Crippen LogP contribution in [0.2, 0.25) is 0 Å². The summed E-state index contributed by atoms with van der Waals surface area (Å²) >= 11 is 0. The number of unbranched alkanes of at least 4 members (excludes halogenated alkanes) is 1. The molecular formula is C24H21NO4. The zero-order chi connectivity index (χ0) is 20.1. The summed E-state index contributed by atoms with van der Waals surface area (Å²) in [6.07, 6.45) is 1.52. The lowest BCUT2D eigenvalue weighted by molar-refractivity contribution is 0.191. The first-order chi connectivity index (χ1) is 14.1. The van der Waals surface area contributed by atoms with Crippen LogP contribution in [-0.2, 0) is 11.3 Å². The number of hydrogen-bond donors (Lipinski definition) is 0. The molecule has 29 heavy (non-hydrogen) atoms. The summed E-state index contributed by atoms with van der Waals surface area (Å²) in [6.45, 7) is 3.05. The van der Waals surface area contributed by atoms with E-state index in [4.69, 9.17) is 9.15 Å². The van der Waals surface area contributed by atoms with Crippen LogP contribution in [0.5, 0.6) is 0 Å². The lowest BCUT2D eigenvalue weighted by Gasteiger charge is -2.14. The van der Waals surface area contributed by atoms with E-state index in [0.29, 0.717) is 34.9 Å². The molecule has 0 aliphatic rings. The second kappa shape index (κ2) is 6.71. The molecular weight excluding hydrogens is 366 g/mol. The summed E-state index contributed by atoms with van der Waals surface area (Å²) in [4.78, 5) is 26.3. The molecule has 0 saturated carbocycles. The van der Waals surface area contributed by atoms with Gasteiger partial charge in [0.1, 0.15) is 11.2 Å². The molecule has 0 spiro atoms. The highest BCUT2D eigenvalue weighted by Crippen LogP contribution is 2.36. The van der Waals surface area contributed by atoms with Crippen LogP contribution >= 0.6 is 0 Å². The first-order valence-electron chi connectivity index (χ1n) is 9.84. The Labute approximate surface area is 166 Å². The maximum atomic E-state index is 13.1. The predicted octanol–water partition coefficient (Wildman–Crippen LogP) is 4.59. The van der Waals surface area contributed by atoms with Gasteiger partial charge in [-0.1, -0.05) is 17.7 Å². The van der Waals surface area contributed by atoms with Gasteiger partial charge in [-0.15, -0.1) is 0 Å². The van der Waals surface area contributed by atoms with Gasteiger partial charge in [0.05, 0.1) is 0 Å². The Hall–Kier alpha value is -3.18. The van der Waals surface area contributed by atoms with Gasteiger partial charge in [-0.05, 0) is 55.5 Å². The summed E-state index contributed by atoms with van der Waals surface area (Å²) in [7, 11) is 1.65. The standard InChI is InChI=1S/C24H21NO4/c1-14-5-9-19-18(13-14)15-6-7-16-21-17(8-10-20(29-19)22(15)21)24(27)25(23(16)26)11-3-4-12-28-2/h5-10,13H,3-4,11-12H2,1-2H3. The summed E-state index contributed by atoms with van der Waals surface area (Å²) < 4.78 is 12.5. The van der Waals surface area contributed by atoms with Crippen molar-refractivity contribution < 1.29 is 9.15 Å². The van der Waals surface area contributed by atoms with Crippen LogP contribution in [-0.4, -0.2) is 18.3 Å². The van der Waals surface area contributed by atoms with Gasteiger partial charge >= 0.3 is 0 Å². The van der Waals surface area contributed by atoms with Crippen LogP contribution in [0.4, 0.5) is 0 Å². The SMILES string of the molecule is COCCCCn1c(=O)c2ccc3oc4ccc(C)cc4c4ccc(c1=O)c2c34. The highest BCUT2D eigenvalue weighted by Gasteiger charge is 2.18. The molecule has 0 unspecified atom stereocenters. The van der Waals surface area contributed by atoms with Gasteiger partial charge in [0.15, 0.2) is 0 Å². The van der Waals surface area contributed by atoms with Crippen molar-refractivity contribution in [1.29, 1.82) is 0 Å². The van der Waals surface area contributed by atoms with Gasteiger partial charge < -0.3 is 9.15 Å². The number of methoxy groups -OCH3 is 1. The fraction of sp³-hybridized carbons (Fsp3) is 0.250. The van der Waals surface area contributed by atoms with Gasteiger partial charge in [-0.3, -0.25) is 14.2 Å². The number of aromatic nitrogens is 1. The zero-order valence-electron chi connectivity index (χ0n) is 16.5. The number of benzene rings is 3. The Morgan fingerprint density at radius 2 is 1.52 bits per heavy atom. The molecule has 0 amide bonds. The van der Waals surface area contributed by atoms with Crippen LogP contribution in [0.3, 0.4) is 0 Å². The van der Waals surface area contributed by atoms with Gasteiger partial charge in [0.2, 0.25) is 0 Å². The van der Waals surface area contributed by atoms with Crippen molar-refractivity contribution in [3.05, 3.63) is 68.7 Å². The number of ether oxygens (including phenoxy) is 1. The Morgan fingerprint density at radius 3 is 2.28 bits per heavy atom. The fourth-order valence-electron chi connectivity index (χ4n) is 4.29. The Balaban J connectivity index is 1.85. The molecule has 146 valence electrons. The van der Waals surface area contributed by atoms with Crippen molar-refractivity contribution in [3.8, 4) is 0 Å². The number of hydrogen-bond acceptors (Lipinski definition) is 4. The third-order valence-corrected chi connectivity index (χ3v) is 5.70. The van der Waals surface area contributed by atoms with Crippen molar-refractivity contribution in [1.82, 2.24) is 4.57 Å². The van der Waals surface area contributed by atoms with Crippen LogP contribution in [0.15, 0.2) is 56.5 Å². The van der Waals surface area contributed by atoms with E-state index >= 15 is 0 Å². The molecule has 0 saturated heterocycles. The monoisotopic (exact) mass is 387 g/mol. The number of nitrogens with zero attached hydrogens (tertiary/aromatic N) is 1. The summed E-state index contributed by atoms with van der Waals surface area (Å²) in [5, 5.41) is 4.66. The second-order valence-electron chi connectivity index (χ2n) is 7.59. The minimum Gasteiger partial charge on any atom is -0.456 e. The molecule has 5 heteroatoms. The van der Waals surface area contributed by atoms with E-state index < -0.39 is 0 Å². The maximum Gasteiger partial charge on any atom is 0.261 e. The second-order valence-corrected chi connectivity index (χ2v) is 7.59. The number of fused-ring (bicyclic) bond motifs is 2. The van der Waals surface area contributed by atoms with Crippen molar-refractivity contribution >= 4 is 43.5 Å². The third kappa shape index (κ3) is 2.65. The average Bonchev–Trinajstić information content (AvgIpc) is 2.73. The molecule has 0 aliphatic heterocycles. The lowest BCUT2D eigenvalue weighted by atomic mass is 9.96. The van der Waals surface area contributed by atoms with E-state index in [1.165, 1.54) is 4.57 Å². The molecule has 0 aliphatic carbocycles. The van der Waals surface area contributed by atoms with Crippen LogP contribution in [0.1, 0.15) is 18.4 Å². The fourth-order valence-corrected chi connectivity index (χ4v) is 4.29. The number of aryl methyl sites for hydroxylation is 1. The van der Waals surface area contributed by atoms with E-state index in [2.05, 4.69) is 6.07 Å². The maximum absolute atomic E-state index is 13.1. The van der Waals surface area contributed by atoms with E-state index in [1.54, 1.807) is 13.2 Å². The highest BCUT2D eigenvalue weighted by molar-refractivity contribution is 6.26. The molecule has 0 bridgehead atoms. The molecule has 5 aromatic rings. The number of rotatable bonds is 5. The van der Waals surface area contributed by atoms with E-state index in [0.717, 1.165) is 40.1 Å². The topological polar surface area (TPSA) is 61.4 Å². The molecule has 2 heterocycles. The molecule has 5 rings (SSSR count). The van der Waals surface area contributed by atoms with Crippen molar-refractivity contribution in [2.45, 2.75) is 26.3 Å². The molecule has 0 fully saturated rings. The molecule has 3 aromatic carbocycles. The van der Waals surface area contributed by atoms with Crippen molar-refractivity contribution in [3.63, 3.8) is 0 Å². The van der Waals surface area contributed by atoms with Gasteiger partial charge in [0, 0.05) is 47.2 Å². The zero-order valence-corrected chi connectivity index (χ0v) is 16.5. The highest BCUT2D eigenvalue weighted by atomic mass is 16.5. The molecule has 0 radical (unpaired) electrons. The molecule has 5 nitrogen and oxygen atoms in total. The Morgan fingerprint density at radius 1 is 0.828 bits per heavy atom. The summed E-state index contributed by atoms with van der Waals surface area (Å²) in [5.41, 5.74) is 2.13. The van der Waals surface area contributed by atoms with Crippen LogP contribution in [0, 0.1) is 6.92 Å². The summed E-state index contributed by atoms with van der Waals surface area (Å²) in [6, 6.07) is 13.5. The predicted molar refractivity (Wildman–Crippen MR) is 116 cm³/mol. The van der Waals surface area contributed by atoms with E-state index in [-0.39, 0.29) is 11.1 Å². The van der Waals surface area contributed by atoms with Gasteiger partial charge in [-0.2, -0.15) is 0 Å². The lowest BCUT2D eigenvalue weighted by Crippen LogP contribution is -2.33. The quantitative estimate of drug-likeness (QED) is 0.251. The van der Waals surface area contributed by atoms with Gasteiger partial charge in [0.25, 0.3) is 11.1 Å². The normalized spacial score (nSPS) is 12.1. The average molecular weight is 387 g/mol. The number of pyridine rings is 1. The molecule has 0 N–H and O–H groups in total. The van der Waals surface area contributed by atoms with E-state index in [1.807, 2.05) is 37.3 Å². The molecule has 2 aromatic heterocycles. The smallest absolute Gasteiger partial charge is 0.261 e. The van der Waals surface area contributed by atoms with Crippen molar-refractivity contribution in [2.24, 2.45) is 0 Å². The van der Waals surface area contributed by atoms with E-state index in [9.17, 15) is 9.59 Å². The van der Waals surface area contributed by atoms with Crippen molar-refractivity contribution in [2.75, 3.05) is 13.7 Å². The largest absolute Gasteiger partial charge is 0.456 e. The third-order valence-electron chi connectivity index (χ3n) is 5.70. The minimum absolute atomic E-state index is 0.237. The first-order valence-corrected chi connectivity index (χ1v) is 9.84. The first kappa shape index (κ1) is 17.9. The minimum atomic E-state index is -0.237. The van der Waals surface area contributed by atoms with Crippen LogP contribution < -0.4 is 11.1 Å². The molecule has 0 atom stereocenters. The summed E-state index contributed by atoms with van der Waals surface area (Å²) in [5.74, 6) is 0. The Bertz CT molecular complexity index is 1460.